The quantitative estimate of drug-likeness (QED) is 0.180. The lowest BCUT2D eigenvalue weighted by molar-refractivity contribution is 0.0963. The van der Waals surface area contributed by atoms with E-state index in [0.717, 1.165) is 47.4 Å². The number of halogens is 1. The Labute approximate surface area is 207 Å². The molecule has 0 bridgehead atoms. The van der Waals surface area contributed by atoms with Crippen molar-refractivity contribution in [2.45, 2.75) is 18.2 Å². The van der Waals surface area contributed by atoms with Crippen molar-refractivity contribution in [3.8, 4) is 5.75 Å². The van der Waals surface area contributed by atoms with Crippen LogP contribution in [0.3, 0.4) is 0 Å². The van der Waals surface area contributed by atoms with Crippen LogP contribution in [0.25, 0.3) is 0 Å². The highest BCUT2D eigenvalue weighted by molar-refractivity contribution is 14.0. The molecule has 2 aromatic rings. The van der Waals surface area contributed by atoms with Crippen LogP contribution in [0.5, 0.6) is 5.75 Å². The largest absolute Gasteiger partial charge is 0.496 e. The van der Waals surface area contributed by atoms with Gasteiger partial charge in [0.2, 0.25) is 0 Å². The third-order valence-electron chi connectivity index (χ3n) is 4.56. The molecule has 0 fully saturated rings. The van der Waals surface area contributed by atoms with E-state index in [9.17, 15) is 4.79 Å². The van der Waals surface area contributed by atoms with Crippen LogP contribution >= 0.6 is 35.7 Å². The van der Waals surface area contributed by atoms with Gasteiger partial charge in [0.1, 0.15) is 5.75 Å². The van der Waals surface area contributed by atoms with Gasteiger partial charge in [-0.15, -0.1) is 35.7 Å². The molecular formula is C23H33IN4O2S. The van der Waals surface area contributed by atoms with Crippen LogP contribution in [0.2, 0.25) is 0 Å². The first kappa shape index (κ1) is 27.1. The molecular weight excluding hydrogens is 523 g/mol. The van der Waals surface area contributed by atoms with Crippen molar-refractivity contribution in [3.05, 3.63) is 59.7 Å². The summed E-state index contributed by atoms with van der Waals surface area (Å²) in [7, 11) is 5.12. The molecule has 2 aromatic carbocycles. The zero-order valence-corrected chi connectivity index (χ0v) is 21.8. The number of hydrogen-bond donors (Lipinski definition) is 3. The molecule has 0 saturated carbocycles. The lowest BCUT2D eigenvalue weighted by atomic mass is 10.1. The molecule has 1 unspecified atom stereocenters. The second-order valence-electron chi connectivity index (χ2n) is 6.98. The number of nitrogens with zero attached hydrogens (tertiary/aromatic N) is 1. The van der Waals surface area contributed by atoms with Crippen molar-refractivity contribution in [2.75, 3.05) is 40.0 Å². The minimum Gasteiger partial charge on any atom is -0.496 e. The van der Waals surface area contributed by atoms with Crippen LogP contribution in [0.1, 0.15) is 22.8 Å². The van der Waals surface area contributed by atoms with Crippen LogP contribution in [0.15, 0.2) is 58.4 Å². The van der Waals surface area contributed by atoms with Gasteiger partial charge in [-0.2, -0.15) is 0 Å². The second kappa shape index (κ2) is 15.0. The number of hydrogen-bond acceptors (Lipinski definition) is 4. The Hall–Kier alpha value is -1.94. The van der Waals surface area contributed by atoms with Gasteiger partial charge in [0, 0.05) is 43.4 Å². The van der Waals surface area contributed by atoms with Gasteiger partial charge >= 0.3 is 0 Å². The zero-order valence-electron chi connectivity index (χ0n) is 18.6. The standard InChI is InChI=1S/C23H32N4O2S.HI/c1-17(16-30-21-11-6-5-10-20(21)29-4)15-27-23(25-3)26-13-12-18-8-7-9-19(14-18)22(28)24-2;/h5-11,14,17H,12-13,15-16H2,1-4H3,(H,24,28)(H2,25,26,27);1H. The van der Waals surface area contributed by atoms with E-state index < -0.39 is 0 Å². The SMILES string of the molecule is CN=C(NCCc1cccc(C(=O)NC)c1)NCC(C)CSc1ccccc1OC.I. The Bertz CT molecular complexity index is 848. The first-order valence-electron chi connectivity index (χ1n) is 10.1. The monoisotopic (exact) mass is 556 g/mol. The molecule has 0 aliphatic heterocycles. The summed E-state index contributed by atoms with van der Waals surface area (Å²) in [6.45, 7) is 3.78. The lowest BCUT2D eigenvalue weighted by Crippen LogP contribution is -2.40. The van der Waals surface area contributed by atoms with Gasteiger partial charge in [-0.05, 0) is 42.2 Å². The van der Waals surface area contributed by atoms with E-state index in [-0.39, 0.29) is 29.9 Å². The van der Waals surface area contributed by atoms with Gasteiger partial charge in [-0.25, -0.2) is 0 Å². The number of amides is 1. The molecule has 8 heteroatoms. The predicted molar refractivity (Wildman–Crippen MR) is 141 cm³/mol. The number of aliphatic imine (C=N–C) groups is 1. The predicted octanol–water partition coefficient (Wildman–Crippen LogP) is 3.81. The lowest BCUT2D eigenvalue weighted by Gasteiger charge is -2.16. The molecule has 0 aliphatic carbocycles. The number of ether oxygens (including phenoxy) is 1. The highest BCUT2D eigenvalue weighted by Crippen LogP contribution is 2.29. The van der Waals surface area contributed by atoms with Gasteiger partial charge in [0.15, 0.2) is 5.96 Å². The molecule has 1 atom stereocenters. The van der Waals surface area contributed by atoms with E-state index in [1.807, 2.05) is 42.5 Å². The molecule has 0 saturated heterocycles. The summed E-state index contributed by atoms with van der Waals surface area (Å²) >= 11 is 1.80. The number of guanidine groups is 1. The Morgan fingerprint density at radius 3 is 2.65 bits per heavy atom. The molecule has 3 N–H and O–H groups in total. The number of carbonyl (C=O) groups excluding carboxylic acids is 1. The number of thioether (sulfide) groups is 1. The average Bonchev–Trinajstić information content (AvgIpc) is 2.79. The zero-order chi connectivity index (χ0) is 21.8. The average molecular weight is 557 g/mol. The molecule has 2 rings (SSSR count). The van der Waals surface area contributed by atoms with Gasteiger partial charge < -0.3 is 20.7 Å². The maximum absolute atomic E-state index is 11.8. The van der Waals surface area contributed by atoms with Crippen LogP contribution < -0.4 is 20.7 Å². The highest BCUT2D eigenvalue weighted by atomic mass is 127. The van der Waals surface area contributed by atoms with Gasteiger partial charge in [-0.1, -0.05) is 31.2 Å². The Morgan fingerprint density at radius 2 is 1.94 bits per heavy atom. The first-order valence-corrected chi connectivity index (χ1v) is 11.1. The van der Waals surface area contributed by atoms with Crippen molar-refractivity contribution in [1.29, 1.82) is 0 Å². The molecule has 31 heavy (non-hydrogen) atoms. The second-order valence-corrected chi connectivity index (χ2v) is 8.04. The summed E-state index contributed by atoms with van der Waals surface area (Å²) in [5.41, 5.74) is 1.79. The Kier molecular flexibility index (Phi) is 13.1. The molecule has 0 aromatic heterocycles. The third kappa shape index (κ3) is 9.39. The molecule has 1 amide bonds. The van der Waals surface area contributed by atoms with Gasteiger partial charge in [-0.3, -0.25) is 9.79 Å². The van der Waals surface area contributed by atoms with E-state index in [2.05, 4.69) is 33.9 Å². The maximum atomic E-state index is 11.8. The van der Waals surface area contributed by atoms with E-state index >= 15 is 0 Å². The topological polar surface area (TPSA) is 74.8 Å². The number of methoxy groups -OCH3 is 1. The number of para-hydroxylation sites is 1. The minimum absolute atomic E-state index is 0. The van der Waals surface area contributed by atoms with Crippen LogP contribution in [0, 0.1) is 5.92 Å². The Balaban J connectivity index is 0.00000480. The molecule has 6 nitrogen and oxygen atoms in total. The number of nitrogens with one attached hydrogen (secondary N) is 3. The summed E-state index contributed by atoms with van der Waals surface area (Å²) < 4.78 is 5.41. The van der Waals surface area contributed by atoms with Crippen LogP contribution in [-0.4, -0.2) is 51.9 Å². The normalized spacial score (nSPS) is 11.8. The summed E-state index contributed by atoms with van der Waals surface area (Å²) in [4.78, 5) is 17.2. The van der Waals surface area contributed by atoms with E-state index in [1.165, 1.54) is 0 Å². The fourth-order valence-corrected chi connectivity index (χ4v) is 3.91. The van der Waals surface area contributed by atoms with Crippen molar-refractivity contribution in [1.82, 2.24) is 16.0 Å². The van der Waals surface area contributed by atoms with Crippen LogP contribution in [-0.2, 0) is 6.42 Å². The third-order valence-corrected chi connectivity index (χ3v) is 5.94. The summed E-state index contributed by atoms with van der Waals surface area (Å²) in [5, 5.41) is 9.38. The molecule has 170 valence electrons. The first-order chi connectivity index (χ1) is 14.6. The summed E-state index contributed by atoms with van der Waals surface area (Å²) in [6.07, 6.45) is 0.810. The van der Waals surface area contributed by atoms with Crippen molar-refractivity contribution < 1.29 is 9.53 Å². The number of rotatable bonds is 10. The maximum Gasteiger partial charge on any atom is 0.251 e. The Morgan fingerprint density at radius 1 is 1.16 bits per heavy atom. The summed E-state index contributed by atoms with van der Waals surface area (Å²) in [6, 6.07) is 15.8. The molecule has 0 aliphatic rings. The minimum atomic E-state index is -0.0673. The van der Waals surface area contributed by atoms with E-state index in [4.69, 9.17) is 4.74 Å². The van der Waals surface area contributed by atoms with Crippen molar-refractivity contribution >= 4 is 47.6 Å². The number of carbonyl (C=O) groups is 1. The van der Waals surface area contributed by atoms with E-state index in [1.54, 1.807) is 33.0 Å². The van der Waals surface area contributed by atoms with Crippen molar-refractivity contribution in [2.24, 2.45) is 10.9 Å². The van der Waals surface area contributed by atoms with Gasteiger partial charge in [0.25, 0.3) is 5.91 Å². The van der Waals surface area contributed by atoms with Crippen molar-refractivity contribution in [3.63, 3.8) is 0 Å². The molecule has 0 heterocycles. The highest BCUT2D eigenvalue weighted by Gasteiger charge is 2.08. The summed E-state index contributed by atoms with van der Waals surface area (Å²) in [5.74, 6) is 3.08. The number of benzene rings is 2. The smallest absolute Gasteiger partial charge is 0.251 e. The van der Waals surface area contributed by atoms with Crippen LogP contribution in [0.4, 0.5) is 0 Å². The fraction of sp³-hybridized carbons (Fsp3) is 0.391. The van der Waals surface area contributed by atoms with Gasteiger partial charge in [0.05, 0.1) is 7.11 Å². The van der Waals surface area contributed by atoms with E-state index in [0.29, 0.717) is 11.5 Å². The fourth-order valence-electron chi connectivity index (χ4n) is 2.86. The molecule has 0 radical (unpaired) electrons. The molecule has 0 spiro atoms.